The van der Waals surface area contributed by atoms with Crippen molar-refractivity contribution in [3.8, 4) is 0 Å². The second kappa shape index (κ2) is 5.86. The average molecular weight is 260 g/mol. The number of nitrogens with zero attached hydrogens (tertiary/aromatic N) is 1. The van der Waals surface area contributed by atoms with E-state index in [0.717, 1.165) is 17.7 Å². The van der Waals surface area contributed by atoms with E-state index in [-0.39, 0.29) is 5.69 Å². The van der Waals surface area contributed by atoms with Crippen LogP contribution in [0.25, 0.3) is 6.08 Å². The molecule has 0 saturated heterocycles. The summed E-state index contributed by atoms with van der Waals surface area (Å²) in [4.78, 5) is 15.4. The van der Waals surface area contributed by atoms with Crippen LogP contribution < -0.4 is 5.32 Å². The lowest BCUT2D eigenvalue weighted by Gasteiger charge is -2.02. The predicted molar refractivity (Wildman–Crippen MR) is 68.3 cm³/mol. The number of carbonyl (C=O) groups excluding carboxylic acids is 1. The van der Waals surface area contributed by atoms with Gasteiger partial charge in [-0.3, -0.25) is 9.78 Å². The monoisotopic (exact) mass is 260 g/mol. The second-order valence-corrected chi connectivity index (χ2v) is 3.73. The van der Waals surface area contributed by atoms with Crippen molar-refractivity contribution < 1.29 is 13.6 Å². The first-order chi connectivity index (χ1) is 9.15. The van der Waals surface area contributed by atoms with Crippen molar-refractivity contribution in [1.29, 1.82) is 0 Å². The van der Waals surface area contributed by atoms with Gasteiger partial charge < -0.3 is 5.32 Å². The van der Waals surface area contributed by atoms with Crippen molar-refractivity contribution in [2.75, 3.05) is 5.32 Å². The molecule has 1 aromatic heterocycles. The minimum Gasteiger partial charge on any atom is -0.322 e. The maximum atomic E-state index is 12.9. The molecule has 0 fully saturated rings. The molecule has 0 aliphatic carbocycles. The third-order valence-corrected chi connectivity index (χ3v) is 2.32. The molecular formula is C14H10F2N2O. The van der Waals surface area contributed by atoms with E-state index in [0.29, 0.717) is 0 Å². The number of pyridine rings is 1. The molecular weight excluding hydrogens is 250 g/mol. The topological polar surface area (TPSA) is 42.0 Å². The van der Waals surface area contributed by atoms with E-state index in [1.807, 2.05) is 0 Å². The average Bonchev–Trinajstić information content (AvgIpc) is 2.42. The first-order valence-corrected chi connectivity index (χ1v) is 5.49. The van der Waals surface area contributed by atoms with Gasteiger partial charge in [-0.25, -0.2) is 8.78 Å². The Morgan fingerprint density at radius 2 is 1.84 bits per heavy atom. The molecule has 3 nitrogen and oxygen atoms in total. The van der Waals surface area contributed by atoms with Gasteiger partial charge >= 0.3 is 0 Å². The first-order valence-electron chi connectivity index (χ1n) is 5.49. The van der Waals surface area contributed by atoms with Gasteiger partial charge in [-0.2, -0.15) is 0 Å². The third-order valence-electron chi connectivity index (χ3n) is 2.32. The molecule has 0 aliphatic heterocycles. The van der Waals surface area contributed by atoms with Gasteiger partial charge in [0.25, 0.3) is 0 Å². The lowest BCUT2D eigenvalue weighted by molar-refractivity contribution is -0.111. The van der Waals surface area contributed by atoms with E-state index in [1.165, 1.54) is 12.1 Å². The molecule has 0 spiro atoms. The van der Waals surface area contributed by atoms with Gasteiger partial charge in [0.15, 0.2) is 11.6 Å². The lowest BCUT2D eigenvalue weighted by atomic mass is 10.2. The van der Waals surface area contributed by atoms with Crippen molar-refractivity contribution >= 4 is 17.7 Å². The molecule has 1 N–H and O–H groups in total. The number of aromatic nitrogens is 1. The Kier molecular flexibility index (Phi) is 3.97. The normalized spacial score (nSPS) is 10.6. The summed E-state index contributed by atoms with van der Waals surface area (Å²) >= 11 is 0. The first kappa shape index (κ1) is 12.9. The van der Waals surface area contributed by atoms with Crippen LogP contribution in [0.5, 0.6) is 0 Å². The highest BCUT2D eigenvalue weighted by Crippen LogP contribution is 2.13. The molecule has 96 valence electrons. The van der Waals surface area contributed by atoms with E-state index in [2.05, 4.69) is 10.3 Å². The number of hydrogen-bond donors (Lipinski definition) is 1. The molecule has 19 heavy (non-hydrogen) atoms. The zero-order valence-electron chi connectivity index (χ0n) is 9.81. The lowest BCUT2D eigenvalue weighted by Crippen LogP contribution is -2.08. The zero-order chi connectivity index (χ0) is 13.7. The third kappa shape index (κ3) is 3.70. The molecule has 1 heterocycles. The molecule has 1 aromatic carbocycles. The van der Waals surface area contributed by atoms with Crippen LogP contribution in [0, 0.1) is 11.6 Å². The zero-order valence-corrected chi connectivity index (χ0v) is 9.81. The number of halogens is 2. The van der Waals surface area contributed by atoms with Crippen LogP contribution in [0.15, 0.2) is 48.8 Å². The number of nitrogens with one attached hydrogen (secondary N) is 1. The van der Waals surface area contributed by atoms with Crippen molar-refractivity contribution in [2.45, 2.75) is 0 Å². The van der Waals surface area contributed by atoms with E-state index in [9.17, 15) is 13.6 Å². The van der Waals surface area contributed by atoms with Crippen LogP contribution >= 0.6 is 0 Å². The summed E-state index contributed by atoms with van der Waals surface area (Å²) in [7, 11) is 0. The van der Waals surface area contributed by atoms with Gasteiger partial charge in [0, 0.05) is 30.2 Å². The van der Waals surface area contributed by atoms with Gasteiger partial charge in [-0.15, -0.1) is 0 Å². The molecule has 5 heteroatoms. The summed E-state index contributed by atoms with van der Waals surface area (Å²) in [6, 6.07) is 6.64. The Bertz CT molecular complexity index is 612. The number of rotatable bonds is 3. The maximum absolute atomic E-state index is 12.9. The maximum Gasteiger partial charge on any atom is 0.248 e. The number of amides is 1. The molecule has 0 atom stereocenters. The Labute approximate surface area is 108 Å². The van der Waals surface area contributed by atoms with Gasteiger partial charge in [0.1, 0.15) is 0 Å². The Morgan fingerprint density at radius 1 is 1.11 bits per heavy atom. The summed E-state index contributed by atoms with van der Waals surface area (Å²) in [6.07, 6.45) is 6.10. The summed E-state index contributed by atoms with van der Waals surface area (Å²) in [5.74, 6) is -2.39. The molecule has 0 radical (unpaired) electrons. The van der Waals surface area contributed by atoms with Crippen LogP contribution in [-0.4, -0.2) is 10.9 Å². The van der Waals surface area contributed by atoms with Gasteiger partial charge in [-0.05, 0) is 35.9 Å². The summed E-state index contributed by atoms with van der Waals surface area (Å²) < 4.78 is 25.6. The minimum atomic E-state index is -1.00. The van der Waals surface area contributed by atoms with E-state index >= 15 is 0 Å². The Morgan fingerprint density at radius 3 is 2.53 bits per heavy atom. The highest BCUT2D eigenvalue weighted by atomic mass is 19.2. The highest BCUT2D eigenvalue weighted by molar-refractivity contribution is 6.01. The quantitative estimate of drug-likeness (QED) is 0.862. The highest BCUT2D eigenvalue weighted by Gasteiger charge is 2.03. The van der Waals surface area contributed by atoms with Gasteiger partial charge in [0.05, 0.1) is 0 Å². The van der Waals surface area contributed by atoms with Crippen LogP contribution in [0.1, 0.15) is 5.56 Å². The van der Waals surface area contributed by atoms with Crippen molar-refractivity contribution in [3.63, 3.8) is 0 Å². The molecule has 0 bridgehead atoms. The van der Waals surface area contributed by atoms with E-state index in [1.54, 1.807) is 30.6 Å². The molecule has 0 saturated carbocycles. The number of hydrogen-bond acceptors (Lipinski definition) is 2. The van der Waals surface area contributed by atoms with Crippen LogP contribution in [0.4, 0.5) is 14.5 Å². The Balaban J connectivity index is 2.01. The number of anilines is 1. The smallest absolute Gasteiger partial charge is 0.248 e. The van der Waals surface area contributed by atoms with Crippen LogP contribution in [-0.2, 0) is 4.79 Å². The molecule has 0 unspecified atom stereocenters. The molecule has 0 aliphatic rings. The van der Waals surface area contributed by atoms with Gasteiger partial charge in [-0.1, -0.05) is 0 Å². The van der Waals surface area contributed by atoms with Crippen molar-refractivity contribution in [3.05, 3.63) is 66.0 Å². The summed E-state index contributed by atoms with van der Waals surface area (Å²) in [6.45, 7) is 0. The van der Waals surface area contributed by atoms with Crippen LogP contribution in [0.3, 0.4) is 0 Å². The SMILES string of the molecule is O=C(/C=C/c1ccncc1)Nc1ccc(F)c(F)c1. The van der Waals surface area contributed by atoms with Crippen molar-refractivity contribution in [1.82, 2.24) is 4.98 Å². The molecule has 2 rings (SSSR count). The summed E-state index contributed by atoms with van der Waals surface area (Å²) in [5, 5.41) is 2.43. The standard InChI is InChI=1S/C14H10F2N2O/c15-12-3-2-11(9-13(12)16)18-14(19)4-1-10-5-7-17-8-6-10/h1-9H,(H,18,19)/b4-1+. The summed E-state index contributed by atoms with van der Waals surface area (Å²) in [5.41, 5.74) is 1.01. The fourth-order valence-corrected chi connectivity index (χ4v) is 1.40. The minimum absolute atomic E-state index is 0.197. The van der Waals surface area contributed by atoms with E-state index < -0.39 is 17.5 Å². The van der Waals surface area contributed by atoms with Crippen molar-refractivity contribution in [2.24, 2.45) is 0 Å². The molecule has 1 amide bonds. The van der Waals surface area contributed by atoms with Crippen LogP contribution in [0.2, 0.25) is 0 Å². The van der Waals surface area contributed by atoms with E-state index in [4.69, 9.17) is 0 Å². The molecule has 2 aromatic rings. The fourth-order valence-electron chi connectivity index (χ4n) is 1.40. The fraction of sp³-hybridized carbons (Fsp3) is 0. The Hall–Kier alpha value is -2.56. The van der Waals surface area contributed by atoms with Gasteiger partial charge in [0.2, 0.25) is 5.91 Å². The number of carbonyl (C=O) groups is 1. The second-order valence-electron chi connectivity index (χ2n) is 3.73. The predicted octanol–water partition coefficient (Wildman–Crippen LogP) is 3.01. The number of benzene rings is 1. The largest absolute Gasteiger partial charge is 0.322 e.